The van der Waals surface area contributed by atoms with E-state index < -0.39 is 0 Å². The van der Waals surface area contributed by atoms with Crippen LogP contribution in [-0.4, -0.2) is 56.6 Å². The van der Waals surface area contributed by atoms with Gasteiger partial charge in [-0.05, 0) is 56.3 Å². The summed E-state index contributed by atoms with van der Waals surface area (Å²) in [4.78, 5) is 17.5. The number of hydrogen-bond donors (Lipinski definition) is 2. The molecule has 1 saturated carbocycles. The monoisotopic (exact) mass is 450 g/mol. The summed E-state index contributed by atoms with van der Waals surface area (Å²) in [5.41, 5.74) is 2.15. The predicted octanol–water partition coefficient (Wildman–Crippen LogP) is 3.42. The van der Waals surface area contributed by atoms with Gasteiger partial charge in [0.1, 0.15) is 0 Å². The van der Waals surface area contributed by atoms with Gasteiger partial charge in [-0.3, -0.25) is 9.69 Å². The van der Waals surface area contributed by atoms with E-state index in [2.05, 4.69) is 38.6 Å². The van der Waals surface area contributed by atoms with E-state index >= 15 is 0 Å². The van der Waals surface area contributed by atoms with Crippen molar-refractivity contribution in [2.45, 2.75) is 25.7 Å². The minimum atomic E-state index is 0. The number of anilines is 2. The van der Waals surface area contributed by atoms with Crippen LogP contribution >= 0.6 is 37.2 Å². The van der Waals surface area contributed by atoms with Gasteiger partial charge in [-0.1, -0.05) is 6.07 Å². The molecule has 1 aromatic rings. The largest absolute Gasteiger partial charge is 0.369 e. The fraction of sp³-hybridized carbons (Fsp3) is 0.650. The maximum Gasteiger partial charge on any atom is 0.228 e. The van der Waals surface area contributed by atoms with Gasteiger partial charge in [-0.25, -0.2) is 0 Å². The van der Waals surface area contributed by atoms with Crippen LogP contribution in [0.1, 0.15) is 25.7 Å². The first-order valence-corrected chi connectivity index (χ1v) is 9.87. The Kier molecular flexibility index (Phi) is 10.9. The van der Waals surface area contributed by atoms with Crippen LogP contribution in [0.5, 0.6) is 0 Å². The van der Waals surface area contributed by atoms with Crippen LogP contribution in [-0.2, 0) is 4.79 Å². The highest BCUT2D eigenvalue weighted by Gasteiger charge is 2.26. The molecule has 5 nitrogen and oxygen atoms in total. The summed E-state index contributed by atoms with van der Waals surface area (Å²) in [7, 11) is 0. The van der Waals surface area contributed by atoms with Gasteiger partial charge in [0.15, 0.2) is 0 Å². The fourth-order valence-corrected chi connectivity index (χ4v) is 3.95. The smallest absolute Gasteiger partial charge is 0.228 e. The van der Waals surface area contributed by atoms with Crippen molar-refractivity contribution < 1.29 is 4.79 Å². The molecule has 1 aromatic carbocycles. The van der Waals surface area contributed by atoms with Crippen molar-refractivity contribution in [1.29, 1.82) is 0 Å². The van der Waals surface area contributed by atoms with Crippen molar-refractivity contribution in [1.82, 2.24) is 10.2 Å². The van der Waals surface area contributed by atoms with E-state index in [1.54, 1.807) is 0 Å². The molecule has 3 fully saturated rings. The Bertz CT molecular complexity index is 601. The average Bonchev–Trinajstić information content (AvgIpc) is 3.47. The number of hydrogen-bond acceptors (Lipinski definition) is 4. The zero-order chi connectivity index (χ0) is 17.1. The van der Waals surface area contributed by atoms with Gasteiger partial charge < -0.3 is 15.5 Å². The number of piperidine rings is 1. The molecule has 160 valence electrons. The number of benzene rings is 1. The molecule has 4 rings (SSSR count). The van der Waals surface area contributed by atoms with Gasteiger partial charge in [-0.2, -0.15) is 0 Å². The van der Waals surface area contributed by atoms with Gasteiger partial charge >= 0.3 is 0 Å². The van der Waals surface area contributed by atoms with Gasteiger partial charge in [0.05, 0.1) is 5.92 Å². The first-order chi connectivity index (χ1) is 12.3. The number of piperazine rings is 1. The van der Waals surface area contributed by atoms with Crippen molar-refractivity contribution in [2.75, 3.05) is 56.0 Å². The Morgan fingerprint density at radius 3 is 2.46 bits per heavy atom. The number of nitrogens with one attached hydrogen (secondary N) is 2. The molecule has 2 saturated heterocycles. The lowest BCUT2D eigenvalue weighted by Crippen LogP contribution is -2.47. The predicted molar refractivity (Wildman–Crippen MR) is 124 cm³/mol. The minimum absolute atomic E-state index is 0. The van der Waals surface area contributed by atoms with Crippen LogP contribution in [0.4, 0.5) is 11.4 Å². The average molecular weight is 452 g/mol. The minimum Gasteiger partial charge on any atom is -0.369 e. The van der Waals surface area contributed by atoms with Crippen molar-refractivity contribution >= 4 is 54.5 Å². The SMILES string of the molecule is Cl.Cl.Cl.O=C(Nc1cccc(N2CCN(CC3CC3)CC2)c1)C1CCCNC1. The summed E-state index contributed by atoms with van der Waals surface area (Å²) >= 11 is 0. The van der Waals surface area contributed by atoms with E-state index in [-0.39, 0.29) is 49.0 Å². The summed E-state index contributed by atoms with van der Waals surface area (Å²) in [5, 5.41) is 6.43. The molecule has 3 aliphatic rings. The summed E-state index contributed by atoms with van der Waals surface area (Å²) in [5.74, 6) is 1.22. The highest BCUT2D eigenvalue weighted by atomic mass is 35.5. The number of carbonyl (C=O) groups is 1. The molecule has 0 bridgehead atoms. The van der Waals surface area contributed by atoms with Crippen molar-refractivity contribution in [3.63, 3.8) is 0 Å². The topological polar surface area (TPSA) is 47.6 Å². The molecule has 1 aliphatic carbocycles. The molecular formula is C20H33Cl3N4O. The van der Waals surface area contributed by atoms with Crippen LogP contribution in [0.2, 0.25) is 0 Å². The highest BCUT2D eigenvalue weighted by molar-refractivity contribution is 5.93. The van der Waals surface area contributed by atoms with Crippen LogP contribution in [0, 0.1) is 11.8 Å². The second-order valence-electron chi connectivity index (χ2n) is 7.81. The Labute approximate surface area is 187 Å². The Morgan fingerprint density at radius 2 is 1.82 bits per heavy atom. The number of halogens is 3. The van der Waals surface area contributed by atoms with E-state index in [0.717, 1.165) is 63.7 Å². The highest BCUT2D eigenvalue weighted by Crippen LogP contribution is 2.30. The molecule has 0 aromatic heterocycles. The van der Waals surface area contributed by atoms with E-state index in [9.17, 15) is 4.79 Å². The standard InChI is InChI=1S/C20H30N4O.3ClH/c25-20(17-3-2-8-21-14-17)22-18-4-1-5-19(13-18)24-11-9-23(10-12-24)15-16-6-7-16;;;/h1,4-5,13,16-17,21H,2-3,6-12,14-15H2,(H,22,25);3*1H. The molecular weight excluding hydrogens is 419 g/mol. The quantitative estimate of drug-likeness (QED) is 0.720. The first kappa shape index (κ1) is 25.3. The molecule has 1 unspecified atom stereocenters. The third-order valence-corrected chi connectivity index (χ3v) is 5.73. The molecule has 0 radical (unpaired) electrons. The second-order valence-corrected chi connectivity index (χ2v) is 7.81. The Balaban J connectivity index is 0.00000131. The van der Waals surface area contributed by atoms with E-state index in [0.29, 0.717) is 0 Å². The van der Waals surface area contributed by atoms with Crippen LogP contribution in [0.3, 0.4) is 0 Å². The lowest BCUT2D eigenvalue weighted by atomic mass is 9.99. The van der Waals surface area contributed by atoms with Crippen LogP contribution in [0.15, 0.2) is 24.3 Å². The van der Waals surface area contributed by atoms with Crippen molar-refractivity contribution in [3.8, 4) is 0 Å². The molecule has 0 spiro atoms. The molecule has 1 amide bonds. The van der Waals surface area contributed by atoms with Gasteiger partial charge in [0.25, 0.3) is 0 Å². The number of amides is 1. The van der Waals surface area contributed by atoms with Gasteiger partial charge in [0.2, 0.25) is 5.91 Å². The molecule has 1 atom stereocenters. The van der Waals surface area contributed by atoms with Crippen molar-refractivity contribution in [2.24, 2.45) is 11.8 Å². The summed E-state index contributed by atoms with van der Waals surface area (Å²) in [6.45, 7) is 7.59. The second kappa shape index (κ2) is 12.1. The number of nitrogens with zero attached hydrogens (tertiary/aromatic N) is 2. The number of carbonyl (C=O) groups excluding carboxylic acids is 1. The molecule has 2 heterocycles. The third kappa shape index (κ3) is 6.96. The molecule has 28 heavy (non-hydrogen) atoms. The zero-order valence-corrected chi connectivity index (χ0v) is 18.7. The van der Waals surface area contributed by atoms with Crippen LogP contribution < -0.4 is 15.5 Å². The normalized spacial score (nSPS) is 22.3. The Morgan fingerprint density at radius 1 is 1.07 bits per heavy atom. The molecule has 2 N–H and O–H groups in total. The lowest BCUT2D eigenvalue weighted by molar-refractivity contribution is -0.120. The van der Waals surface area contributed by atoms with E-state index in [1.165, 1.54) is 25.1 Å². The molecule has 8 heteroatoms. The maximum absolute atomic E-state index is 12.4. The summed E-state index contributed by atoms with van der Waals surface area (Å²) in [6.07, 6.45) is 4.93. The van der Waals surface area contributed by atoms with Crippen molar-refractivity contribution in [3.05, 3.63) is 24.3 Å². The summed E-state index contributed by atoms with van der Waals surface area (Å²) in [6, 6.07) is 8.35. The van der Waals surface area contributed by atoms with Gasteiger partial charge in [-0.15, -0.1) is 37.2 Å². The summed E-state index contributed by atoms with van der Waals surface area (Å²) < 4.78 is 0. The zero-order valence-electron chi connectivity index (χ0n) is 16.3. The maximum atomic E-state index is 12.4. The first-order valence-electron chi connectivity index (χ1n) is 9.87. The molecule has 2 aliphatic heterocycles. The van der Waals surface area contributed by atoms with E-state index in [1.807, 2.05) is 6.07 Å². The lowest BCUT2D eigenvalue weighted by Gasteiger charge is -2.36. The third-order valence-electron chi connectivity index (χ3n) is 5.73. The van der Waals surface area contributed by atoms with Gasteiger partial charge in [0, 0.05) is 50.6 Å². The fourth-order valence-electron chi connectivity index (χ4n) is 3.95. The Hall–Kier alpha value is -0.720. The van der Waals surface area contributed by atoms with Crippen LogP contribution in [0.25, 0.3) is 0 Å². The number of rotatable bonds is 5. The van der Waals surface area contributed by atoms with E-state index in [4.69, 9.17) is 0 Å².